The van der Waals surface area contributed by atoms with Gasteiger partial charge >= 0.3 is 16.1 Å². The summed E-state index contributed by atoms with van der Waals surface area (Å²) in [6.45, 7) is 0.0276. The van der Waals surface area contributed by atoms with Crippen molar-refractivity contribution in [3.05, 3.63) is 84.0 Å². The monoisotopic (exact) mass is 722 g/mol. The molecule has 13 heteroatoms. The molecule has 34 heavy (non-hydrogen) atoms. The maximum atomic E-state index is 14.2. The van der Waals surface area contributed by atoms with Crippen LogP contribution in [-0.4, -0.2) is 18.9 Å². The van der Waals surface area contributed by atoms with E-state index in [1.165, 1.54) is 18.2 Å². The van der Waals surface area contributed by atoms with Crippen LogP contribution in [0.25, 0.3) is 0 Å². The van der Waals surface area contributed by atoms with Gasteiger partial charge in [0.1, 0.15) is 12.4 Å². The molecule has 0 aliphatic carbocycles. The van der Waals surface area contributed by atoms with E-state index >= 15 is 0 Å². The van der Waals surface area contributed by atoms with Crippen LogP contribution in [0.2, 0.25) is 0 Å². The summed E-state index contributed by atoms with van der Waals surface area (Å²) >= 11 is 3.99. The van der Waals surface area contributed by atoms with Gasteiger partial charge in [0.25, 0.3) is 0 Å². The Bertz CT molecular complexity index is 1350. The Kier molecular flexibility index (Phi) is 8.41. The number of hydrogen-bond donors (Lipinski definition) is 1. The van der Waals surface area contributed by atoms with Gasteiger partial charge in [0.2, 0.25) is 17.4 Å². The number of esters is 1. The van der Waals surface area contributed by atoms with Gasteiger partial charge in [-0.05, 0) is 75.0 Å². The molecular weight excluding hydrogens is 710 g/mol. The Hall–Kier alpha value is -1.98. The van der Waals surface area contributed by atoms with E-state index in [0.29, 0.717) is 9.13 Å². The largest absolute Gasteiger partial charge is 0.461 e. The van der Waals surface area contributed by atoms with Gasteiger partial charge in [0.15, 0.2) is 16.5 Å². The second kappa shape index (κ2) is 10.7. The van der Waals surface area contributed by atoms with E-state index in [9.17, 15) is 30.8 Å². The van der Waals surface area contributed by atoms with Crippen LogP contribution in [0.5, 0.6) is 11.5 Å². The highest BCUT2D eigenvalue weighted by Crippen LogP contribution is 2.35. The zero-order valence-corrected chi connectivity index (χ0v) is 21.8. The maximum absolute atomic E-state index is 14.2. The van der Waals surface area contributed by atoms with Crippen molar-refractivity contribution >= 4 is 61.3 Å². The molecule has 0 aliphatic rings. The van der Waals surface area contributed by atoms with E-state index in [2.05, 4.69) is 22.6 Å². The van der Waals surface area contributed by atoms with E-state index < -0.39 is 50.0 Å². The van der Waals surface area contributed by atoms with Crippen LogP contribution in [-0.2, 0) is 32.7 Å². The lowest BCUT2D eigenvalue weighted by molar-refractivity contribution is -0.144. The highest BCUT2D eigenvalue weighted by molar-refractivity contribution is 14.1. The van der Waals surface area contributed by atoms with Gasteiger partial charge in [-0.2, -0.15) is 17.2 Å². The molecule has 0 atom stereocenters. The van der Waals surface area contributed by atoms with Crippen LogP contribution in [0.3, 0.4) is 0 Å². The minimum Gasteiger partial charge on any atom is -0.461 e. The molecule has 0 aromatic heterocycles. The van der Waals surface area contributed by atoms with Gasteiger partial charge in [-0.25, -0.2) is 8.78 Å². The van der Waals surface area contributed by atoms with Gasteiger partial charge in [0, 0.05) is 12.7 Å². The van der Waals surface area contributed by atoms with E-state index in [-0.39, 0.29) is 18.8 Å². The highest BCUT2D eigenvalue weighted by atomic mass is 127. The first-order valence-corrected chi connectivity index (χ1v) is 12.7. The van der Waals surface area contributed by atoms with E-state index in [1.54, 1.807) is 12.1 Å². The SMILES string of the molecule is O=C(Cc1cc(Oc2c(F)c(F)c(S(=O)(=O)O)c(F)c2F)ccc1I)OCc1ccccc1I. The number of carbonyl (C=O) groups is 1. The molecule has 0 unspecified atom stereocenters. The first kappa shape index (κ1) is 26.6. The maximum Gasteiger partial charge on any atom is 0.310 e. The predicted octanol–water partition coefficient (Wildman–Crippen LogP) is 5.78. The summed E-state index contributed by atoms with van der Waals surface area (Å²) in [7, 11) is -5.59. The third-order valence-corrected chi connectivity index (χ3v) is 7.34. The third kappa shape index (κ3) is 5.98. The Morgan fingerprint density at radius 1 is 0.882 bits per heavy atom. The zero-order chi connectivity index (χ0) is 25.2. The number of carbonyl (C=O) groups excluding carboxylic acids is 1. The first-order chi connectivity index (χ1) is 15.9. The third-order valence-electron chi connectivity index (χ3n) is 4.36. The lowest BCUT2D eigenvalue weighted by Crippen LogP contribution is -2.11. The van der Waals surface area contributed by atoms with Gasteiger partial charge in [-0.1, -0.05) is 18.2 Å². The van der Waals surface area contributed by atoms with Crippen LogP contribution in [0.1, 0.15) is 11.1 Å². The Balaban J connectivity index is 1.83. The molecule has 0 bridgehead atoms. The predicted molar refractivity (Wildman–Crippen MR) is 128 cm³/mol. The first-order valence-electron chi connectivity index (χ1n) is 9.09. The molecule has 0 radical (unpaired) electrons. The summed E-state index contributed by atoms with van der Waals surface area (Å²) < 4.78 is 99.1. The Labute approximate surface area is 218 Å². The molecule has 0 aliphatic heterocycles. The van der Waals surface area contributed by atoms with Crippen LogP contribution in [0.4, 0.5) is 17.6 Å². The van der Waals surface area contributed by atoms with Crippen molar-refractivity contribution in [2.45, 2.75) is 17.9 Å². The summed E-state index contributed by atoms with van der Waals surface area (Å²) in [6, 6.07) is 11.1. The number of ether oxygens (including phenoxy) is 2. The van der Waals surface area contributed by atoms with Gasteiger partial charge in [0.05, 0.1) is 6.42 Å². The second-order valence-electron chi connectivity index (χ2n) is 6.67. The number of hydrogen-bond acceptors (Lipinski definition) is 5. The minimum atomic E-state index is -5.59. The molecule has 0 saturated heterocycles. The molecule has 3 aromatic rings. The summed E-state index contributed by atoms with van der Waals surface area (Å²) in [5.41, 5.74) is 1.13. The van der Waals surface area contributed by atoms with Crippen molar-refractivity contribution in [3.8, 4) is 11.5 Å². The van der Waals surface area contributed by atoms with Crippen molar-refractivity contribution in [1.29, 1.82) is 0 Å². The fraction of sp³-hybridized carbons (Fsp3) is 0.0952. The number of rotatable bonds is 7. The van der Waals surface area contributed by atoms with E-state index in [0.717, 1.165) is 9.13 Å². The van der Waals surface area contributed by atoms with Gasteiger partial charge < -0.3 is 9.47 Å². The Morgan fingerprint density at radius 3 is 2.06 bits per heavy atom. The van der Waals surface area contributed by atoms with Crippen LogP contribution in [0, 0.1) is 30.4 Å². The van der Waals surface area contributed by atoms with E-state index in [4.69, 9.17) is 14.0 Å². The van der Waals surface area contributed by atoms with Crippen LogP contribution < -0.4 is 4.74 Å². The molecule has 0 heterocycles. The smallest absolute Gasteiger partial charge is 0.310 e. The number of halogens is 6. The highest BCUT2D eigenvalue weighted by Gasteiger charge is 2.33. The standard InChI is InChI=1S/C21H12F4I2O6S/c22-16-18(24)21(34(29,30)31)19(25)17(23)20(16)33-12-5-6-14(27)11(7-12)8-15(28)32-9-10-3-1-2-4-13(10)26/h1-7H,8-9H2,(H,29,30,31). The summed E-state index contributed by atoms with van der Waals surface area (Å²) in [5.74, 6) is -11.5. The zero-order valence-electron chi connectivity index (χ0n) is 16.6. The lowest BCUT2D eigenvalue weighted by atomic mass is 10.1. The quantitative estimate of drug-likeness (QED) is 0.110. The van der Waals surface area contributed by atoms with Crippen molar-refractivity contribution in [1.82, 2.24) is 0 Å². The molecule has 6 nitrogen and oxygen atoms in total. The molecular formula is C21H12F4I2O6S. The second-order valence-corrected chi connectivity index (χ2v) is 10.4. The van der Waals surface area contributed by atoms with Crippen molar-refractivity contribution < 1.29 is 44.8 Å². The lowest BCUT2D eigenvalue weighted by Gasteiger charge is -2.13. The van der Waals surface area contributed by atoms with Crippen molar-refractivity contribution in [2.24, 2.45) is 0 Å². The van der Waals surface area contributed by atoms with Gasteiger partial charge in [-0.15, -0.1) is 0 Å². The Morgan fingerprint density at radius 2 is 1.47 bits per heavy atom. The summed E-state index contributed by atoms with van der Waals surface area (Å²) in [5, 5.41) is 0. The average Bonchev–Trinajstić information content (AvgIpc) is 2.76. The summed E-state index contributed by atoms with van der Waals surface area (Å²) in [4.78, 5) is 10.1. The topological polar surface area (TPSA) is 89.9 Å². The fourth-order valence-corrected chi connectivity index (χ4v) is 4.46. The molecule has 0 fully saturated rings. The molecule has 0 saturated carbocycles. The molecule has 3 rings (SSSR count). The van der Waals surface area contributed by atoms with E-state index in [1.807, 2.05) is 34.7 Å². The average molecular weight is 722 g/mol. The normalized spacial score (nSPS) is 11.4. The van der Waals surface area contributed by atoms with Crippen molar-refractivity contribution in [3.63, 3.8) is 0 Å². The fourth-order valence-electron chi connectivity index (χ4n) is 2.76. The van der Waals surface area contributed by atoms with Crippen LogP contribution >= 0.6 is 45.2 Å². The van der Waals surface area contributed by atoms with Gasteiger partial charge in [-0.3, -0.25) is 9.35 Å². The van der Waals surface area contributed by atoms with Crippen molar-refractivity contribution in [2.75, 3.05) is 0 Å². The molecule has 180 valence electrons. The minimum absolute atomic E-state index is 0.0276. The number of benzene rings is 3. The molecule has 0 spiro atoms. The molecule has 1 N–H and O–H groups in total. The van der Waals surface area contributed by atoms with Crippen LogP contribution in [0.15, 0.2) is 47.4 Å². The molecule has 0 amide bonds. The summed E-state index contributed by atoms with van der Waals surface area (Å²) in [6.07, 6.45) is -0.242. The molecule has 3 aromatic carbocycles.